The quantitative estimate of drug-likeness (QED) is 0.348. The molecular weight excluding hydrogens is 192 g/mol. The lowest BCUT2D eigenvalue weighted by molar-refractivity contribution is -0.185. The monoisotopic (exact) mass is 208 g/mol. The first-order valence-corrected chi connectivity index (χ1v) is 5.38. The van der Waals surface area contributed by atoms with E-state index < -0.39 is 10.8 Å². The Balaban J connectivity index is 2.39. The largest absolute Gasteiger partial charge is 0.392 e. The number of carbonyl (C=O) groups is 2. The molecule has 1 aliphatic heterocycles. The molecule has 2 rings (SSSR count). The third kappa shape index (κ3) is 1.60. The molecule has 1 fully saturated rings. The zero-order chi connectivity index (χ0) is 11.1. The molecule has 2 atom stereocenters. The van der Waals surface area contributed by atoms with Gasteiger partial charge in [-0.2, -0.15) is 0 Å². The number of ether oxygens (including phenoxy) is 1. The summed E-state index contributed by atoms with van der Waals surface area (Å²) >= 11 is 0. The summed E-state index contributed by atoms with van der Waals surface area (Å²) < 4.78 is 4.88. The second-order valence-electron chi connectivity index (χ2n) is 5.19. The highest BCUT2D eigenvalue weighted by Crippen LogP contribution is 2.46. The fraction of sp³-hybridized carbons (Fsp3) is 0.667. The Kier molecular flexibility index (Phi) is 2.21. The lowest BCUT2D eigenvalue weighted by Crippen LogP contribution is -2.48. The van der Waals surface area contributed by atoms with Gasteiger partial charge in [-0.05, 0) is 39.5 Å². The Labute approximate surface area is 89.5 Å². The van der Waals surface area contributed by atoms with Crippen LogP contribution in [-0.4, -0.2) is 11.9 Å². The SMILES string of the molecule is CC12C/C=C\CCC(C)(C1)C(=O)OC2=O. The van der Waals surface area contributed by atoms with Gasteiger partial charge in [-0.25, -0.2) is 0 Å². The molecule has 2 aliphatic rings. The highest BCUT2D eigenvalue weighted by Gasteiger charge is 2.51. The second-order valence-corrected chi connectivity index (χ2v) is 5.19. The van der Waals surface area contributed by atoms with Crippen LogP contribution in [0.1, 0.15) is 39.5 Å². The van der Waals surface area contributed by atoms with Gasteiger partial charge in [-0.1, -0.05) is 12.2 Å². The molecular formula is C12H16O3. The first-order chi connectivity index (χ1) is 6.96. The van der Waals surface area contributed by atoms with Crippen molar-refractivity contribution in [1.29, 1.82) is 0 Å². The van der Waals surface area contributed by atoms with Gasteiger partial charge in [0.15, 0.2) is 0 Å². The first-order valence-electron chi connectivity index (χ1n) is 5.38. The molecule has 0 saturated carbocycles. The molecule has 82 valence electrons. The zero-order valence-corrected chi connectivity index (χ0v) is 9.21. The van der Waals surface area contributed by atoms with Gasteiger partial charge in [-0.3, -0.25) is 9.59 Å². The van der Waals surface area contributed by atoms with Gasteiger partial charge in [0.2, 0.25) is 0 Å². The van der Waals surface area contributed by atoms with Crippen LogP contribution in [0.3, 0.4) is 0 Å². The predicted octanol–water partition coefficient (Wildman–Crippen LogP) is 2.21. The van der Waals surface area contributed by atoms with Crippen LogP contribution in [0.5, 0.6) is 0 Å². The summed E-state index contributed by atoms with van der Waals surface area (Å²) in [7, 11) is 0. The van der Waals surface area contributed by atoms with Crippen LogP contribution in [0.25, 0.3) is 0 Å². The Morgan fingerprint density at radius 2 is 1.80 bits per heavy atom. The van der Waals surface area contributed by atoms with Gasteiger partial charge in [-0.15, -0.1) is 0 Å². The molecule has 3 heteroatoms. The lowest BCUT2D eigenvalue weighted by atomic mass is 9.66. The maximum Gasteiger partial charge on any atom is 0.319 e. The summed E-state index contributed by atoms with van der Waals surface area (Å²) in [4.78, 5) is 23.3. The van der Waals surface area contributed by atoms with Crippen LogP contribution in [0, 0.1) is 10.8 Å². The van der Waals surface area contributed by atoms with E-state index in [0.29, 0.717) is 12.8 Å². The van der Waals surface area contributed by atoms with Crippen molar-refractivity contribution in [1.82, 2.24) is 0 Å². The molecule has 0 radical (unpaired) electrons. The average Bonchev–Trinajstić information content (AvgIpc) is 2.12. The highest BCUT2D eigenvalue weighted by molar-refractivity contribution is 5.94. The maximum atomic E-state index is 11.7. The number of fused-ring (bicyclic) bond motifs is 2. The molecule has 0 amide bonds. The van der Waals surface area contributed by atoms with Crippen molar-refractivity contribution in [2.24, 2.45) is 10.8 Å². The molecule has 2 bridgehead atoms. The number of hydrogen-bond donors (Lipinski definition) is 0. The van der Waals surface area contributed by atoms with Crippen molar-refractivity contribution in [3.8, 4) is 0 Å². The molecule has 2 unspecified atom stereocenters. The number of rotatable bonds is 0. The molecule has 3 nitrogen and oxygen atoms in total. The van der Waals surface area contributed by atoms with Gasteiger partial charge >= 0.3 is 11.9 Å². The number of carbonyl (C=O) groups excluding carboxylic acids is 2. The van der Waals surface area contributed by atoms with E-state index in [1.807, 2.05) is 19.9 Å². The van der Waals surface area contributed by atoms with Crippen molar-refractivity contribution in [2.45, 2.75) is 39.5 Å². The van der Waals surface area contributed by atoms with Gasteiger partial charge in [0.1, 0.15) is 0 Å². The minimum Gasteiger partial charge on any atom is -0.392 e. The number of allylic oxidation sites excluding steroid dienone is 2. The zero-order valence-electron chi connectivity index (χ0n) is 9.21. The van der Waals surface area contributed by atoms with Crippen LogP contribution in [0.2, 0.25) is 0 Å². The number of cyclic esters (lactones) is 2. The van der Waals surface area contributed by atoms with Gasteiger partial charge in [0.25, 0.3) is 0 Å². The fourth-order valence-electron chi connectivity index (χ4n) is 2.55. The van der Waals surface area contributed by atoms with E-state index in [4.69, 9.17) is 4.74 Å². The average molecular weight is 208 g/mol. The highest BCUT2D eigenvalue weighted by atomic mass is 16.6. The number of hydrogen-bond acceptors (Lipinski definition) is 3. The van der Waals surface area contributed by atoms with Crippen molar-refractivity contribution < 1.29 is 14.3 Å². The van der Waals surface area contributed by atoms with E-state index in [1.165, 1.54) is 0 Å². The molecule has 0 aromatic heterocycles. The summed E-state index contributed by atoms with van der Waals surface area (Å²) in [6.07, 6.45) is 7.02. The van der Waals surface area contributed by atoms with E-state index in [1.54, 1.807) is 0 Å². The standard InChI is InChI=1S/C12H16O3/c1-11-6-4-3-5-7-12(2,8-11)10(14)15-9(11)13/h3-4H,5-8H2,1-2H3/b4-3-. The molecule has 1 saturated heterocycles. The summed E-state index contributed by atoms with van der Waals surface area (Å²) in [6, 6.07) is 0. The Hall–Kier alpha value is -1.12. The molecule has 0 aromatic rings. The fourth-order valence-corrected chi connectivity index (χ4v) is 2.55. The third-order valence-corrected chi connectivity index (χ3v) is 3.55. The minimum atomic E-state index is -0.514. The molecule has 0 aromatic carbocycles. The van der Waals surface area contributed by atoms with E-state index in [-0.39, 0.29) is 11.9 Å². The van der Waals surface area contributed by atoms with E-state index >= 15 is 0 Å². The van der Waals surface area contributed by atoms with Crippen molar-refractivity contribution in [3.63, 3.8) is 0 Å². The van der Waals surface area contributed by atoms with Gasteiger partial charge < -0.3 is 4.74 Å². The molecule has 0 N–H and O–H groups in total. The van der Waals surface area contributed by atoms with Crippen LogP contribution in [0.4, 0.5) is 0 Å². The molecule has 1 aliphatic carbocycles. The Bertz CT molecular complexity index is 345. The van der Waals surface area contributed by atoms with Gasteiger partial charge in [0.05, 0.1) is 10.8 Å². The van der Waals surface area contributed by atoms with Crippen molar-refractivity contribution >= 4 is 11.9 Å². The summed E-state index contributed by atoms with van der Waals surface area (Å²) in [5, 5.41) is 0. The van der Waals surface area contributed by atoms with E-state index in [9.17, 15) is 9.59 Å². The second kappa shape index (κ2) is 3.19. The third-order valence-electron chi connectivity index (χ3n) is 3.55. The van der Waals surface area contributed by atoms with Crippen molar-refractivity contribution in [2.75, 3.05) is 0 Å². The minimum absolute atomic E-state index is 0.347. The smallest absolute Gasteiger partial charge is 0.319 e. The lowest BCUT2D eigenvalue weighted by Gasteiger charge is -2.41. The molecule has 0 spiro atoms. The molecule has 1 heterocycles. The van der Waals surface area contributed by atoms with Crippen LogP contribution >= 0.6 is 0 Å². The normalized spacial score (nSPS) is 42.8. The summed E-state index contributed by atoms with van der Waals surface area (Å²) in [6.45, 7) is 3.79. The Morgan fingerprint density at radius 1 is 1.13 bits per heavy atom. The van der Waals surface area contributed by atoms with E-state index in [0.717, 1.165) is 12.8 Å². The summed E-state index contributed by atoms with van der Waals surface area (Å²) in [5.41, 5.74) is -0.993. The van der Waals surface area contributed by atoms with Crippen LogP contribution < -0.4 is 0 Å². The van der Waals surface area contributed by atoms with Gasteiger partial charge in [0, 0.05) is 0 Å². The van der Waals surface area contributed by atoms with Crippen molar-refractivity contribution in [3.05, 3.63) is 12.2 Å². The van der Waals surface area contributed by atoms with E-state index in [2.05, 4.69) is 6.08 Å². The van der Waals surface area contributed by atoms with Crippen LogP contribution in [-0.2, 0) is 14.3 Å². The Morgan fingerprint density at radius 3 is 2.53 bits per heavy atom. The number of esters is 2. The molecule has 15 heavy (non-hydrogen) atoms. The topological polar surface area (TPSA) is 43.4 Å². The summed E-state index contributed by atoms with van der Waals surface area (Å²) in [5.74, 6) is -0.711. The predicted molar refractivity (Wildman–Crippen MR) is 54.9 cm³/mol. The maximum absolute atomic E-state index is 11.7. The first kappa shape index (κ1) is 10.4. The van der Waals surface area contributed by atoms with Crippen LogP contribution in [0.15, 0.2) is 12.2 Å².